The van der Waals surface area contributed by atoms with Crippen molar-refractivity contribution in [2.24, 2.45) is 0 Å². The fourth-order valence-electron chi connectivity index (χ4n) is 2.66. The number of benzene rings is 2. The van der Waals surface area contributed by atoms with E-state index in [0.717, 1.165) is 5.56 Å². The molecule has 0 radical (unpaired) electrons. The minimum absolute atomic E-state index is 0.0701. The number of carbonyl (C=O) groups is 2. The lowest BCUT2D eigenvalue weighted by Gasteiger charge is -2.10. The second-order valence-corrected chi connectivity index (χ2v) is 5.88. The van der Waals surface area contributed by atoms with Crippen LogP contribution < -0.4 is 15.4 Å². The molecule has 0 aromatic heterocycles. The van der Waals surface area contributed by atoms with Crippen LogP contribution in [-0.4, -0.2) is 25.0 Å². The molecule has 2 aromatic rings. The molecule has 3 rings (SSSR count). The van der Waals surface area contributed by atoms with E-state index in [1.807, 2.05) is 18.2 Å². The average Bonchev–Trinajstić information content (AvgIpc) is 2.75. The van der Waals surface area contributed by atoms with Crippen molar-refractivity contribution in [3.63, 3.8) is 0 Å². The summed E-state index contributed by atoms with van der Waals surface area (Å²) in [5.74, 6) is 0.0839. The molecule has 1 aliphatic heterocycles. The van der Waals surface area contributed by atoms with Gasteiger partial charge in [0.15, 0.2) is 0 Å². The standard InChI is InChI=1S/C19H19FN2O3/c20-15-3-1-2-14(10-15)12-19(24)21-8-6-13-4-5-17-16(11-13)22-18(23)7-9-25-17/h1-5,10-11H,6-9,12H2,(H,21,24)(H,22,23). The predicted octanol–water partition coefficient (Wildman–Crippen LogP) is 2.45. The van der Waals surface area contributed by atoms with Gasteiger partial charge in [-0.25, -0.2) is 4.39 Å². The fraction of sp³-hybridized carbons (Fsp3) is 0.263. The summed E-state index contributed by atoms with van der Waals surface area (Å²) in [4.78, 5) is 23.5. The number of ether oxygens (including phenoxy) is 1. The van der Waals surface area contributed by atoms with E-state index in [4.69, 9.17) is 4.74 Å². The Morgan fingerprint density at radius 2 is 2.08 bits per heavy atom. The third kappa shape index (κ3) is 4.79. The molecule has 1 heterocycles. The highest BCUT2D eigenvalue weighted by Crippen LogP contribution is 2.28. The van der Waals surface area contributed by atoms with Gasteiger partial charge in [-0.3, -0.25) is 9.59 Å². The van der Waals surface area contributed by atoms with Gasteiger partial charge in [0, 0.05) is 6.54 Å². The van der Waals surface area contributed by atoms with Crippen molar-refractivity contribution in [2.45, 2.75) is 19.3 Å². The van der Waals surface area contributed by atoms with Crippen LogP contribution in [0, 0.1) is 5.82 Å². The molecule has 130 valence electrons. The van der Waals surface area contributed by atoms with Crippen molar-refractivity contribution in [1.82, 2.24) is 5.32 Å². The van der Waals surface area contributed by atoms with Crippen LogP contribution >= 0.6 is 0 Å². The lowest BCUT2D eigenvalue weighted by Crippen LogP contribution is -2.27. The lowest BCUT2D eigenvalue weighted by atomic mass is 10.1. The molecule has 6 heteroatoms. The van der Waals surface area contributed by atoms with Crippen molar-refractivity contribution < 1.29 is 18.7 Å². The summed E-state index contributed by atoms with van der Waals surface area (Å²) in [6.07, 6.45) is 1.10. The molecule has 25 heavy (non-hydrogen) atoms. The van der Waals surface area contributed by atoms with Crippen LogP contribution in [0.3, 0.4) is 0 Å². The van der Waals surface area contributed by atoms with Gasteiger partial charge in [0.25, 0.3) is 0 Å². The topological polar surface area (TPSA) is 67.4 Å². The van der Waals surface area contributed by atoms with E-state index in [1.54, 1.807) is 12.1 Å². The lowest BCUT2D eigenvalue weighted by molar-refractivity contribution is -0.120. The molecule has 0 bridgehead atoms. The third-order valence-electron chi connectivity index (χ3n) is 3.89. The maximum absolute atomic E-state index is 13.1. The van der Waals surface area contributed by atoms with E-state index >= 15 is 0 Å². The molecule has 0 saturated carbocycles. The Hall–Kier alpha value is -2.89. The Morgan fingerprint density at radius 3 is 2.92 bits per heavy atom. The zero-order chi connectivity index (χ0) is 17.6. The molecule has 0 saturated heterocycles. The molecule has 2 aromatic carbocycles. The highest BCUT2D eigenvalue weighted by atomic mass is 19.1. The summed E-state index contributed by atoms with van der Waals surface area (Å²) in [5.41, 5.74) is 2.28. The van der Waals surface area contributed by atoms with Crippen LogP contribution in [0.4, 0.5) is 10.1 Å². The number of hydrogen-bond acceptors (Lipinski definition) is 3. The zero-order valence-electron chi connectivity index (χ0n) is 13.7. The molecular weight excluding hydrogens is 323 g/mol. The number of nitrogens with one attached hydrogen (secondary N) is 2. The number of anilines is 1. The van der Waals surface area contributed by atoms with Crippen LogP contribution in [0.15, 0.2) is 42.5 Å². The summed E-state index contributed by atoms with van der Waals surface area (Å²) < 4.78 is 18.6. The van der Waals surface area contributed by atoms with Crippen LogP contribution in [-0.2, 0) is 22.4 Å². The number of rotatable bonds is 5. The summed E-state index contributed by atoms with van der Waals surface area (Å²) in [7, 11) is 0. The SMILES string of the molecule is O=C(Cc1cccc(F)c1)NCCc1ccc2c(c1)NC(=O)CCO2. The molecule has 5 nitrogen and oxygen atoms in total. The minimum Gasteiger partial charge on any atom is -0.491 e. The molecule has 2 N–H and O–H groups in total. The van der Waals surface area contributed by atoms with Gasteiger partial charge in [0.05, 0.1) is 25.1 Å². The van der Waals surface area contributed by atoms with E-state index in [-0.39, 0.29) is 24.1 Å². The summed E-state index contributed by atoms with van der Waals surface area (Å²) in [6.45, 7) is 0.829. The Labute approximate surface area is 145 Å². The molecule has 0 unspecified atom stereocenters. The maximum Gasteiger partial charge on any atom is 0.227 e. The van der Waals surface area contributed by atoms with Gasteiger partial charge in [0.1, 0.15) is 11.6 Å². The van der Waals surface area contributed by atoms with Crippen LogP contribution in [0.25, 0.3) is 0 Å². The normalized spacial score (nSPS) is 13.2. The van der Waals surface area contributed by atoms with Gasteiger partial charge in [-0.2, -0.15) is 0 Å². The van der Waals surface area contributed by atoms with Gasteiger partial charge >= 0.3 is 0 Å². The quantitative estimate of drug-likeness (QED) is 0.877. The second kappa shape index (κ2) is 7.79. The van der Waals surface area contributed by atoms with Gasteiger partial charge in [-0.05, 0) is 41.8 Å². The summed E-state index contributed by atoms with van der Waals surface area (Å²) >= 11 is 0. The molecule has 0 atom stereocenters. The second-order valence-electron chi connectivity index (χ2n) is 5.88. The highest BCUT2D eigenvalue weighted by Gasteiger charge is 2.14. The van der Waals surface area contributed by atoms with E-state index in [9.17, 15) is 14.0 Å². The van der Waals surface area contributed by atoms with Gasteiger partial charge in [-0.15, -0.1) is 0 Å². The average molecular weight is 342 g/mol. The number of hydrogen-bond donors (Lipinski definition) is 2. The molecule has 0 aliphatic carbocycles. The van der Waals surface area contributed by atoms with Crippen LogP contribution in [0.2, 0.25) is 0 Å². The van der Waals surface area contributed by atoms with Gasteiger partial charge < -0.3 is 15.4 Å². The fourth-order valence-corrected chi connectivity index (χ4v) is 2.66. The first-order chi connectivity index (χ1) is 12.1. The van der Waals surface area contributed by atoms with Crippen molar-refractivity contribution in [3.05, 3.63) is 59.4 Å². The number of carbonyl (C=O) groups excluding carboxylic acids is 2. The molecule has 2 amide bonds. The van der Waals surface area contributed by atoms with E-state index in [0.29, 0.717) is 43.0 Å². The van der Waals surface area contributed by atoms with Crippen LogP contribution in [0.1, 0.15) is 17.5 Å². The monoisotopic (exact) mass is 342 g/mol. The number of halogens is 1. The summed E-state index contributed by atoms with van der Waals surface area (Å²) in [6, 6.07) is 11.6. The van der Waals surface area contributed by atoms with Gasteiger partial charge in [0.2, 0.25) is 11.8 Å². The molecular formula is C19H19FN2O3. The Morgan fingerprint density at radius 1 is 1.20 bits per heavy atom. The Balaban J connectivity index is 1.52. The smallest absolute Gasteiger partial charge is 0.227 e. The van der Waals surface area contributed by atoms with Gasteiger partial charge in [-0.1, -0.05) is 18.2 Å². The first-order valence-electron chi connectivity index (χ1n) is 8.17. The highest BCUT2D eigenvalue weighted by molar-refractivity contribution is 5.93. The Kier molecular flexibility index (Phi) is 5.28. The first kappa shape index (κ1) is 17.0. The predicted molar refractivity (Wildman–Crippen MR) is 92.0 cm³/mol. The van der Waals surface area contributed by atoms with Crippen molar-refractivity contribution in [3.8, 4) is 5.75 Å². The number of fused-ring (bicyclic) bond motifs is 1. The van der Waals surface area contributed by atoms with E-state index < -0.39 is 0 Å². The van der Waals surface area contributed by atoms with E-state index in [1.165, 1.54) is 12.1 Å². The van der Waals surface area contributed by atoms with Crippen molar-refractivity contribution >= 4 is 17.5 Å². The number of amides is 2. The van der Waals surface area contributed by atoms with Crippen molar-refractivity contribution in [1.29, 1.82) is 0 Å². The largest absolute Gasteiger partial charge is 0.491 e. The minimum atomic E-state index is -0.348. The zero-order valence-corrected chi connectivity index (χ0v) is 13.7. The maximum atomic E-state index is 13.1. The molecule has 0 spiro atoms. The Bertz CT molecular complexity index is 792. The summed E-state index contributed by atoms with van der Waals surface area (Å²) in [5, 5.41) is 5.63. The molecule has 1 aliphatic rings. The van der Waals surface area contributed by atoms with Crippen LogP contribution in [0.5, 0.6) is 5.75 Å². The molecule has 0 fully saturated rings. The van der Waals surface area contributed by atoms with E-state index in [2.05, 4.69) is 10.6 Å². The van der Waals surface area contributed by atoms with Crippen molar-refractivity contribution in [2.75, 3.05) is 18.5 Å². The third-order valence-corrected chi connectivity index (χ3v) is 3.89. The first-order valence-corrected chi connectivity index (χ1v) is 8.17.